The lowest BCUT2D eigenvalue weighted by Crippen LogP contribution is -2.09. The van der Waals surface area contributed by atoms with E-state index in [2.05, 4.69) is 42.5 Å². The van der Waals surface area contributed by atoms with Crippen molar-refractivity contribution in [3.63, 3.8) is 0 Å². The highest BCUT2D eigenvalue weighted by Crippen LogP contribution is 2.23. The van der Waals surface area contributed by atoms with Crippen LogP contribution < -0.4 is 10.1 Å². The van der Waals surface area contributed by atoms with E-state index in [0.717, 1.165) is 18.7 Å². The Kier molecular flexibility index (Phi) is 6.29. The quantitative estimate of drug-likeness (QED) is 0.870. The van der Waals surface area contributed by atoms with Gasteiger partial charge in [0.2, 0.25) is 0 Å². The number of likely N-dealkylation sites (N-methyl/N-ethyl adjacent to an activating group) is 1. The Labute approximate surface area is 110 Å². The number of hydrogen-bond donors (Lipinski definition) is 2. The molecule has 2 aromatic rings. The van der Waals surface area contributed by atoms with Crippen LogP contribution in [-0.4, -0.2) is 25.7 Å². The third-order valence-electron chi connectivity index (χ3n) is 2.62. The molecular weight excluding hydrogens is 224 g/mol. The standard InChI is InChI=1S/C12H16N2O.C3H8/c1-13-6-5-9-8-14-12-4-3-10(15-2)7-11(9)12;1-3-2/h3-4,7-8,13-14H,5-6H2,1-2H3;3H2,1-2H3. The van der Waals surface area contributed by atoms with Gasteiger partial charge in [-0.1, -0.05) is 20.3 Å². The van der Waals surface area contributed by atoms with E-state index in [0.29, 0.717) is 0 Å². The molecule has 0 saturated carbocycles. The molecule has 3 heteroatoms. The molecule has 18 heavy (non-hydrogen) atoms. The molecule has 0 aliphatic carbocycles. The zero-order valence-electron chi connectivity index (χ0n) is 11.8. The third-order valence-corrected chi connectivity index (χ3v) is 2.62. The van der Waals surface area contributed by atoms with Gasteiger partial charge in [0, 0.05) is 17.1 Å². The van der Waals surface area contributed by atoms with Crippen molar-refractivity contribution >= 4 is 10.9 Å². The lowest BCUT2D eigenvalue weighted by molar-refractivity contribution is 0.415. The Morgan fingerprint density at radius 1 is 1.28 bits per heavy atom. The van der Waals surface area contributed by atoms with Crippen molar-refractivity contribution in [2.24, 2.45) is 0 Å². The zero-order chi connectivity index (χ0) is 13.4. The van der Waals surface area contributed by atoms with Crippen LogP contribution in [0.15, 0.2) is 24.4 Å². The molecule has 1 aromatic carbocycles. The SMILES string of the molecule is CCC.CNCCc1c[nH]c2ccc(OC)cc12. The van der Waals surface area contributed by atoms with Gasteiger partial charge in [-0.15, -0.1) is 0 Å². The van der Waals surface area contributed by atoms with E-state index in [1.165, 1.54) is 22.9 Å². The summed E-state index contributed by atoms with van der Waals surface area (Å²) in [6.45, 7) is 5.24. The van der Waals surface area contributed by atoms with E-state index in [-0.39, 0.29) is 0 Å². The second-order valence-electron chi connectivity index (χ2n) is 4.29. The van der Waals surface area contributed by atoms with Gasteiger partial charge in [0.1, 0.15) is 5.75 Å². The van der Waals surface area contributed by atoms with Crippen LogP contribution in [0.4, 0.5) is 0 Å². The molecule has 0 saturated heterocycles. The number of aromatic amines is 1. The molecule has 0 radical (unpaired) electrons. The van der Waals surface area contributed by atoms with Crippen molar-refractivity contribution in [2.45, 2.75) is 26.7 Å². The van der Waals surface area contributed by atoms with E-state index in [1.807, 2.05) is 13.1 Å². The van der Waals surface area contributed by atoms with Gasteiger partial charge < -0.3 is 15.0 Å². The van der Waals surface area contributed by atoms with Crippen molar-refractivity contribution in [2.75, 3.05) is 20.7 Å². The summed E-state index contributed by atoms with van der Waals surface area (Å²) in [4.78, 5) is 3.27. The normalized spacial score (nSPS) is 10.0. The highest BCUT2D eigenvalue weighted by atomic mass is 16.5. The van der Waals surface area contributed by atoms with Gasteiger partial charge in [0.25, 0.3) is 0 Å². The maximum absolute atomic E-state index is 5.22. The molecule has 0 atom stereocenters. The predicted molar refractivity (Wildman–Crippen MR) is 78.4 cm³/mol. The molecule has 100 valence electrons. The van der Waals surface area contributed by atoms with Gasteiger partial charge in [-0.3, -0.25) is 0 Å². The summed E-state index contributed by atoms with van der Waals surface area (Å²) >= 11 is 0. The zero-order valence-corrected chi connectivity index (χ0v) is 11.8. The average Bonchev–Trinajstić information content (AvgIpc) is 2.79. The van der Waals surface area contributed by atoms with Crippen LogP contribution in [0.2, 0.25) is 0 Å². The van der Waals surface area contributed by atoms with Crippen molar-refractivity contribution in [3.8, 4) is 5.75 Å². The predicted octanol–water partition coefficient (Wildman–Crippen LogP) is 3.35. The van der Waals surface area contributed by atoms with E-state index in [1.54, 1.807) is 7.11 Å². The van der Waals surface area contributed by atoms with E-state index in [4.69, 9.17) is 4.74 Å². The number of fused-ring (bicyclic) bond motifs is 1. The monoisotopic (exact) mass is 248 g/mol. The van der Waals surface area contributed by atoms with Crippen LogP contribution in [0.3, 0.4) is 0 Å². The van der Waals surface area contributed by atoms with Crippen LogP contribution in [0.5, 0.6) is 5.75 Å². The summed E-state index contributed by atoms with van der Waals surface area (Å²) in [7, 11) is 3.66. The minimum Gasteiger partial charge on any atom is -0.497 e. The first-order valence-corrected chi connectivity index (χ1v) is 6.55. The van der Waals surface area contributed by atoms with Gasteiger partial charge in [0.15, 0.2) is 0 Å². The highest BCUT2D eigenvalue weighted by Gasteiger charge is 2.04. The van der Waals surface area contributed by atoms with Gasteiger partial charge in [-0.25, -0.2) is 0 Å². The van der Waals surface area contributed by atoms with Gasteiger partial charge in [-0.05, 0) is 43.8 Å². The first kappa shape index (κ1) is 14.6. The van der Waals surface area contributed by atoms with Gasteiger partial charge in [-0.2, -0.15) is 0 Å². The summed E-state index contributed by atoms with van der Waals surface area (Å²) in [6, 6.07) is 6.11. The first-order chi connectivity index (χ1) is 8.76. The van der Waals surface area contributed by atoms with Crippen molar-refractivity contribution in [3.05, 3.63) is 30.0 Å². The Bertz CT molecular complexity index is 462. The minimum atomic E-state index is 0.910. The van der Waals surface area contributed by atoms with Crippen LogP contribution in [0.1, 0.15) is 25.8 Å². The summed E-state index contributed by atoms with van der Waals surface area (Å²) in [6.07, 6.45) is 4.35. The third kappa shape index (κ3) is 3.77. The molecule has 0 amide bonds. The second kappa shape index (κ2) is 7.77. The molecule has 0 spiro atoms. The van der Waals surface area contributed by atoms with Crippen LogP contribution in [-0.2, 0) is 6.42 Å². The Balaban J connectivity index is 0.000000492. The number of ether oxygens (including phenoxy) is 1. The summed E-state index contributed by atoms with van der Waals surface area (Å²) in [5.41, 5.74) is 2.50. The highest BCUT2D eigenvalue weighted by molar-refractivity contribution is 5.84. The molecule has 0 aliphatic heterocycles. The molecule has 3 nitrogen and oxygen atoms in total. The van der Waals surface area contributed by atoms with Gasteiger partial charge >= 0.3 is 0 Å². The number of rotatable bonds is 4. The lowest BCUT2D eigenvalue weighted by atomic mass is 10.1. The molecule has 0 bridgehead atoms. The van der Waals surface area contributed by atoms with Crippen molar-refractivity contribution in [1.82, 2.24) is 10.3 Å². The first-order valence-electron chi connectivity index (χ1n) is 6.55. The molecule has 2 N–H and O–H groups in total. The fraction of sp³-hybridized carbons (Fsp3) is 0.467. The Morgan fingerprint density at radius 2 is 2.00 bits per heavy atom. The smallest absolute Gasteiger partial charge is 0.119 e. The number of hydrogen-bond acceptors (Lipinski definition) is 2. The van der Waals surface area contributed by atoms with E-state index >= 15 is 0 Å². The number of H-pyrrole nitrogens is 1. The van der Waals surface area contributed by atoms with E-state index < -0.39 is 0 Å². The lowest BCUT2D eigenvalue weighted by Gasteiger charge is -2.01. The molecule has 1 aromatic heterocycles. The van der Waals surface area contributed by atoms with Crippen molar-refractivity contribution in [1.29, 1.82) is 0 Å². The fourth-order valence-electron chi connectivity index (χ4n) is 1.75. The van der Waals surface area contributed by atoms with Crippen LogP contribution in [0, 0.1) is 0 Å². The Morgan fingerprint density at radius 3 is 2.61 bits per heavy atom. The molecule has 1 heterocycles. The van der Waals surface area contributed by atoms with Gasteiger partial charge in [0.05, 0.1) is 7.11 Å². The molecule has 0 fully saturated rings. The minimum absolute atomic E-state index is 0.910. The molecule has 0 unspecified atom stereocenters. The van der Waals surface area contributed by atoms with E-state index in [9.17, 15) is 0 Å². The number of aromatic nitrogens is 1. The topological polar surface area (TPSA) is 37.0 Å². The molecule has 0 aliphatic rings. The number of benzene rings is 1. The van der Waals surface area contributed by atoms with Crippen LogP contribution >= 0.6 is 0 Å². The summed E-state index contributed by atoms with van der Waals surface area (Å²) in [5, 5.41) is 4.41. The Hall–Kier alpha value is -1.48. The maximum atomic E-state index is 5.22. The summed E-state index contributed by atoms with van der Waals surface area (Å²) < 4.78 is 5.22. The largest absolute Gasteiger partial charge is 0.497 e. The molecular formula is C15H24N2O. The fourth-order valence-corrected chi connectivity index (χ4v) is 1.75. The second-order valence-corrected chi connectivity index (χ2v) is 4.29. The van der Waals surface area contributed by atoms with Crippen molar-refractivity contribution < 1.29 is 4.74 Å². The maximum Gasteiger partial charge on any atom is 0.119 e. The van der Waals surface area contributed by atoms with Crippen LogP contribution in [0.25, 0.3) is 10.9 Å². The molecule has 2 rings (SSSR count). The average molecular weight is 248 g/mol. The number of methoxy groups -OCH3 is 1. The number of nitrogens with one attached hydrogen (secondary N) is 2. The summed E-state index contributed by atoms with van der Waals surface area (Å²) in [5.74, 6) is 0.910.